The second-order valence-electron chi connectivity index (χ2n) is 8.22. The lowest BCUT2D eigenvalue weighted by Gasteiger charge is -2.35. The number of rotatable bonds is 5. The van der Waals surface area contributed by atoms with E-state index >= 15 is 0 Å². The fourth-order valence-corrected chi connectivity index (χ4v) is 4.13. The number of aryl methyl sites for hydroxylation is 3. The molecule has 1 aliphatic rings. The van der Waals surface area contributed by atoms with Gasteiger partial charge >= 0.3 is 0 Å². The molecule has 31 heavy (non-hydrogen) atoms. The second kappa shape index (κ2) is 9.04. The third-order valence-electron chi connectivity index (χ3n) is 5.79. The summed E-state index contributed by atoms with van der Waals surface area (Å²) in [6.07, 6.45) is 0. The third kappa shape index (κ3) is 4.70. The maximum atomic E-state index is 12.9. The predicted molar refractivity (Wildman–Crippen MR) is 121 cm³/mol. The van der Waals surface area contributed by atoms with Gasteiger partial charge in [0.05, 0.1) is 24.6 Å². The van der Waals surface area contributed by atoms with Gasteiger partial charge in [0, 0.05) is 25.7 Å². The summed E-state index contributed by atoms with van der Waals surface area (Å²) in [5.74, 6) is -0.349. The molecular formula is C25H28N2O4. The van der Waals surface area contributed by atoms with E-state index in [1.165, 1.54) is 11.6 Å². The van der Waals surface area contributed by atoms with Gasteiger partial charge in [0.2, 0.25) is 0 Å². The molecule has 1 fully saturated rings. The number of fused-ring (bicyclic) bond motifs is 1. The number of nitrogens with zero attached hydrogens (tertiary/aromatic N) is 1. The molecule has 1 aliphatic heterocycles. The van der Waals surface area contributed by atoms with Crippen molar-refractivity contribution in [1.29, 1.82) is 0 Å². The number of morpholine rings is 1. The quantitative estimate of drug-likeness (QED) is 0.684. The molecule has 0 spiro atoms. The van der Waals surface area contributed by atoms with E-state index in [-0.39, 0.29) is 23.1 Å². The summed E-state index contributed by atoms with van der Waals surface area (Å²) in [6.45, 7) is 9.24. The van der Waals surface area contributed by atoms with Gasteiger partial charge in [-0.2, -0.15) is 0 Å². The molecule has 1 unspecified atom stereocenters. The SMILES string of the molecule is Cc1ccc(C(CNC(=O)c2cc(=O)c3cc(C)cc(C)c3o2)N2CCOCC2)cc1. The van der Waals surface area contributed by atoms with Crippen molar-refractivity contribution in [2.45, 2.75) is 26.8 Å². The number of ether oxygens (including phenoxy) is 1. The lowest BCUT2D eigenvalue weighted by molar-refractivity contribution is 0.0161. The number of hydrogen-bond acceptors (Lipinski definition) is 5. The van der Waals surface area contributed by atoms with Crippen LogP contribution in [0.4, 0.5) is 0 Å². The Hall–Kier alpha value is -2.96. The largest absolute Gasteiger partial charge is 0.450 e. The third-order valence-corrected chi connectivity index (χ3v) is 5.79. The zero-order valence-corrected chi connectivity index (χ0v) is 18.2. The van der Waals surface area contributed by atoms with Crippen LogP contribution >= 0.6 is 0 Å². The Kier molecular flexibility index (Phi) is 6.20. The van der Waals surface area contributed by atoms with E-state index in [1.807, 2.05) is 19.9 Å². The molecule has 0 bridgehead atoms. The van der Waals surface area contributed by atoms with Gasteiger partial charge in [0.25, 0.3) is 5.91 Å². The summed E-state index contributed by atoms with van der Waals surface area (Å²) in [6, 6.07) is 13.4. The van der Waals surface area contributed by atoms with Crippen LogP contribution in [0.2, 0.25) is 0 Å². The molecule has 1 aromatic heterocycles. The average Bonchev–Trinajstić information content (AvgIpc) is 2.76. The van der Waals surface area contributed by atoms with Crippen LogP contribution in [0.3, 0.4) is 0 Å². The van der Waals surface area contributed by atoms with Gasteiger partial charge in [-0.15, -0.1) is 0 Å². The molecule has 0 radical (unpaired) electrons. The lowest BCUT2D eigenvalue weighted by atomic mass is 10.0. The van der Waals surface area contributed by atoms with Gasteiger partial charge in [-0.25, -0.2) is 0 Å². The summed E-state index contributed by atoms with van der Waals surface area (Å²) in [4.78, 5) is 27.8. The van der Waals surface area contributed by atoms with Crippen LogP contribution < -0.4 is 10.7 Å². The Morgan fingerprint density at radius 3 is 2.45 bits per heavy atom. The predicted octanol–water partition coefficient (Wildman–Crippen LogP) is 3.52. The van der Waals surface area contributed by atoms with Crippen LogP contribution in [0.15, 0.2) is 51.7 Å². The van der Waals surface area contributed by atoms with Crippen molar-refractivity contribution >= 4 is 16.9 Å². The molecule has 1 atom stereocenters. The summed E-state index contributed by atoms with van der Waals surface area (Å²) in [5, 5.41) is 3.48. The zero-order valence-electron chi connectivity index (χ0n) is 18.2. The first kappa shape index (κ1) is 21.3. The number of benzene rings is 2. The molecule has 1 saturated heterocycles. The van der Waals surface area contributed by atoms with Crippen LogP contribution in [0.1, 0.15) is 38.9 Å². The van der Waals surface area contributed by atoms with Gasteiger partial charge < -0.3 is 14.5 Å². The summed E-state index contributed by atoms with van der Waals surface area (Å²) < 4.78 is 11.3. The highest BCUT2D eigenvalue weighted by Crippen LogP contribution is 2.23. The molecule has 1 amide bonds. The first-order valence-corrected chi connectivity index (χ1v) is 10.6. The summed E-state index contributed by atoms with van der Waals surface area (Å²) in [7, 11) is 0. The minimum Gasteiger partial charge on any atom is -0.450 e. The normalized spacial score (nSPS) is 15.7. The van der Waals surface area contributed by atoms with E-state index in [9.17, 15) is 9.59 Å². The number of carbonyl (C=O) groups is 1. The first-order valence-electron chi connectivity index (χ1n) is 10.6. The maximum absolute atomic E-state index is 12.9. The highest BCUT2D eigenvalue weighted by atomic mass is 16.5. The lowest BCUT2D eigenvalue weighted by Crippen LogP contribution is -2.43. The average molecular weight is 421 g/mol. The first-order chi connectivity index (χ1) is 14.9. The van der Waals surface area contributed by atoms with Crippen LogP contribution in [-0.2, 0) is 4.74 Å². The minimum atomic E-state index is -0.385. The van der Waals surface area contributed by atoms with Crippen molar-refractivity contribution < 1.29 is 13.9 Å². The van der Waals surface area contributed by atoms with E-state index < -0.39 is 0 Å². The molecule has 0 aliphatic carbocycles. The highest BCUT2D eigenvalue weighted by Gasteiger charge is 2.24. The van der Waals surface area contributed by atoms with Gasteiger partial charge in [0.15, 0.2) is 11.2 Å². The van der Waals surface area contributed by atoms with E-state index in [0.29, 0.717) is 30.7 Å². The monoisotopic (exact) mass is 420 g/mol. The molecule has 6 heteroatoms. The molecule has 0 saturated carbocycles. The van der Waals surface area contributed by atoms with Gasteiger partial charge in [0.1, 0.15) is 5.58 Å². The second-order valence-corrected chi connectivity index (χ2v) is 8.22. The summed E-state index contributed by atoms with van der Waals surface area (Å²) >= 11 is 0. The molecule has 2 heterocycles. The van der Waals surface area contributed by atoms with E-state index in [4.69, 9.17) is 9.15 Å². The number of hydrogen-bond donors (Lipinski definition) is 1. The Bertz CT molecular complexity index is 1140. The van der Waals surface area contributed by atoms with Gasteiger partial charge in [-0.1, -0.05) is 35.9 Å². The van der Waals surface area contributed by atoms with Gasteiger partial charge in [-0.3, -0.25) is 14.5 Å². The minimum absolute atomic E-state index is 0.0185. The standard InChI is InChI=1S/C25H28N2O4/c1-16-4-6-19(7-5-16)21(27-8-10-30-11-9-27)15-26-25(29)23-14-22(28)20-13-17(2)12-18(3)24(20)31-23/h4-7,12-14,21H,8-11,15H2,1-3H3,(H,26,29). The van der Waals surface area contributed by atoms with Crippen molar-refractivity contribution in [2.75, 3.05) is 32.8 Å². The van der Waals surface area contributed by atoms with E-state index in [0.717, 1.165) is 29.8 Å². The Balaban J connectivity index is 1.57. The zero-order chi connectivity index (χ0) is 22.0. The Morgan fingerprint density at radius 2 is 1.74 bits per heavy atom. The maximum Gasteiger partial charge on any atom is 0.287 e. The molecule has 6 nitrogen and oxygen atoms in total. The smallest absolute Gasteiger partial charge is 0.287 e. The topological polar surface area (TPSA) is 71.8 Å². The number of carbonyl (C=O) groups excluding carboxylic acids is 1. The molecule has 3 aromatic rings. The van der Waals surface area contributed by atoms with Crippen molar-refractivity contribution in [1.82, 2.24) is 10.2 Å². The van der Waals surface area contributed by atoms with Crippen LogP contribution in [0.5, 0.6) is 0 Å². The Morgan fingerprint density at radius 1 is 1.03 bits per heavy atom. The fraction of sp³-hybridized carbons (Fsp3) is 0.360. The van der Waals surface area contributed by atoms with Crippen molar-refractivity contribution in [2.24, 2.45) is 0 Å². The van der Waals surface area contributed by atoms with E-state index in [2.05, 4.69) is 41.4 Å². The van der Waals surface area contributed by atoms with Crippen LogP contribution in [-0.4, -0.2) is 43.7 Å². The number of amides is 1. The number of nitrogens with one attached hydrogen (secondary N) is 1. The molecule has 4 rings (SSSR count). The van der Waals surface area contributed by atoms with E-state index in [1.54, 1.807) is 6.07 Å². The summed E-state index contributed by atoms with van der Waals surface area (Å²) in [5.41, 5.74) is 4.41. The van der Waals surface area contributed by atoms with Crippen molar-refractivity contribution in [3.63, 3.8) is 0 Å². The Labute approximate surface area is 181 Å². The molecule has 162 valence electrons. The fourth-order valence-electron chi connectivity index (χ4n) is 4.13. The molecule has 1 N–H and O–H groups in total. The van der Waals surface area contributed by atoms with Crippen molar-refractivity contribution in [3.05, 3.63) is 80.7 Å². The molecular weight excluding hydrogens is 392 g/mol. The highest BCUT2D eigenvalue weighted by molar-refractivity contribution is 5.93. The van der Waals surface area contributed by atoms with Crippen LogP contribution in [0, 0.1) is 20.8 Å². The van der Waals surface area contributed by atoms with Crippen molar-refractivity contribution in [3.8, 4) is 0 Å². The van der Waals surface area contributed by atoms with Crippen LogP contribution in [0.25, 0.3) is 11.0 Å². The van der Waals surface area contributed by atoms with Gasteiger partial charge in [-0.05, 0) is 43.5 Å². The molecule has 2 aromatic carbocycles.